The third-order valence-corrected chi connectivity index (χ3v) is 3.30. The number of hydrogen-bond donors (Lipinski definition) is 2. The summed E-state index contributed by atoms with van der Waals surface area (Å²) in [5.41, 5.74) is 0.123. The molecule has 1 aliphatic rings. The van der Waals surface area contributed by atoms with Gasteiger partial charge >= 0.3 is 5.69 Å². The first kappa shape index (κ1) is 12.6. The quantitative estimate of drug-likeness (QED) is 0.788. The number of H-pyrrole nitrogens is 2. The number of hydrogen-bond acceptors (Lipinski definition) is 3. The SMILES string of the molecule is Cc1[nH]c(=O)[nH]c(=O)c1CCC(=O)N1CCCC1. The Balaban J connectivity index is 2.04. The summed E-state index contributed by atoms with van der Waals surface area (Å²) in [5, 5.41) is 0. The maximum absolute atomic E-state index is 11.8. The summed E-state index contributed by atoms with van der Waals surface area (Å²) in [6.07, 6.45) is 2.80. The second kappa shape index (κ2) is 5.20. The lowest BCUT2D eigenvalue weighted by molar-refractivity contribution is -0.130. The number of carbonyl (C=O) groups is 1. The maximum atomic E-state index is 11.8. The highest BCUT2D eigenvalue weighted by molar-refractivity contribution is 5.76. The first-order chi connectivity index (χ1) is 8.58. The van der Waals surface area contributed by atoms with Crippen LogP contribution in [-0.4, -0.2) is 33.9 Å². The third-order valence-electron chi connectivity index (χ3n) is 3.30. The van der Waals surface area contributed by atoms with Crippen LogP contribution in [0.5, 0.6) is 0 Å². The van der Waals surface area contributed by atoms with Gasteiger partial charge in [-0.05, 0) is 26.2 Å². The van der Waals surface area contributed by atoms with Crippen molar-refractivity contribution in [3.63, 3.8) is 0 Å². The van der Waals surface area contributed by atoms with E-state index in [4.69, 9.17) is 0 Å². The Hall–Kier alpha value is -1.85. The van der Waals surface area contributed by atoms with Gasteiger partial charge in [-0.3, -0.25) is 14.6 Å². The van der Waals surface area contributed by atoms with E-state index in [1.54, 1.807) is 6.92 Å². The molecule has 2 rings (SSSR count). The average molecular weight is 251 g/mol. The number of rotatable bonds is 3. The van der Waals surface area contributed by atoms with Crippen molar-refractivity contribution < 1.29 is 4.79 Å². The van der Waals surface area contributed by atoms with Crippen LogP contribution in [-0.2, 0) is 11.2 Å². The zero-order valence-electron chi connectivity index (χ0n) is 10.4. The van der Waals surface area contributed by atoms with Gasteiger partial charge < -0.3 is 9.88 Å². The van der Waals surface area contributed by atoms with Crippen LogP contribution >= 0.6 is 0 Å². The third kappa shape index (κ3) is 2.69. The molecule has 6 nitrogen and oxygen atoms in total. The standard InChI is InChI=1S/C12H17N3O3/c1-8-9(11(17)14-12(18)13-8)4-5-10(16)15-6-2-3-7-15/h2-7H2,1H3,(H2,13,14,17,18). The molecule has 0 unspecified atom stereocenters. The second-order valence-electron chi connectivity index (χ2n) is 4.60. The average Bonchev–Trinajstić information content (AvgIpc) is 2.80. The van der Waals surface area contributed by atoms with Crippen LogP contribution in [0.3, 0.4) is 0 Å². The molecule has 1 saturated heterocycles. The molecule has 0 aliphatic carbocycles. The summed E-state index contributed by atoms with van der Waals surface area (Å²) in [6, 6.07) is 0. The van der Waals surface area contributed by atoms with Crippen molar-refractivity contribution in [1.29, 1.82) is 0 Å². The molecule has 98 valence electrons. The van der Waals surface area contributed by atoms with Crippen molar-refractivity contribution in [3.05, 3.63) is 32.1 Å². The Morgan fingerprint density at radius 1 is 1.22 bits per heavy atom. The maximum Gasteiger partial charge on any atom is 0.325 e. The van der Waals surface area contributed by atoms with E-state index in [0.717, 1.165) is 25.9 Å². The monoisotopic (exact) mass is 251 g/mol. The lowest BCUT2D eigenvalue weighted by atomic mass is 10.1. The van der Waals surface area contributed by atoms with Gasteiger partial charge in [0.1, 0.15) is 0 Å². The molecule has 6 heteroatoms. The fraction of sp³-hybridized carbons (Fsp3) is 0.583. The van der Waals surface area contributed by atoms with Crippen LogP contribution in [0.2, 0.25) is 0 Å². The molecule has 1 aromatic rings. The van der Waals surface area contributed by atoms with Gasteiger partial charge in [-0.2, -0.15) is 0 Å². The number of nitrogens with one attached hydrogen (secondary N) is 2. The van der Waals surface area contributed by atoms with E-state index < -0.39 is 11.2 Å². The van der Waals surface area contributed by atoms with Gasteiger partial charge in [0.15, 0.2) is 0 Å². The van der Waals surface area contributed by atoms with Gasteiger partial charge in [0.05, 0.1) is 0 Å². The van der Waals surface area contributed by atoms with Crippen molar-refractivity contribution in [1.82, 2.24) is 14.9 Å². The predicted molar refractivity (Wildman–Crippen MR) is 66.6 cm³/mol. The molecule has 18 heavy (non-hydrogen) atoms. The van der Waals surface area contributed by atoms with Crippen LogP contribution in [0.25, 0.3) is 0 Å². The summed E-state index contributed by atoms with van der Waals surface area (Å²) < 4.78 is 0. The van der Waals surface area contributed by atoms with Crippen molar-refractivity contribution in [3.8, 4) is 0 Å². The predicted octanol–water partition coefficient (Wildman–Crippen LogP) is -0.0734. The summed E-state index contributed by atoms with van der Waals surface area (Å²) in [5.74, 6) is 0.0810. The zero-order valence-corrected chi connectivity index (χ0v) is 10.4. The minimum Gasteiger partial charge on any atom is -0.343 e. The minimum absolute atomic E-state index is 0.0810. The van der Waals surface area contributed by atoms with Crippen molar-refractivity contribution in [2.24, 2.45) is 0 Å². The van der Waals surface area contributed by atoms with Gasteiger partial charge in [-0.1, -0.05) is 0 Å². The van der Waals surface area contributed by atoms with E-state index >= 15 is 0 Å². The Bertz CT molecular complexity index is 552. The molecule has 1 fully saturated rings. The highest BCUT2D eigenvalue weighted by Crippen LogP contribution is 2.10. The molecule has 0 saturated carbocycles. The second-order valence-corrected chi connectivity index (χ2v) is 4.60. The Morgan fingerprint density at radius 2 is 1.89 bits per heavy atom. The highest BCUT2D eigenvalue weighted by atomic mass is 16.2. The van der Waals surface area contributed by atoms with Gasteiger partial charge in [-0.25, -0.2) is 4.79 Å². The van der Waals surface area contributed by atoms with Crippen molar-refractivity contribution in [2.75, 3.05) is 13.1 Å². The topological polar surface area (TPSA) is 86.0 Å². The van der Waals surface area contributed by atoms with Crippen LogP contribution < -0.4 is 11.2 Å². The smallest absolute Gasteiger partial charge is 0.325 e. The molecule has 2 heterocycles. The van der Waals surface area contributed by atoms with Crippen molar-refractivity contribution in [2.45, 2.75) is 32.6 Å². The number of likely N-dealkylation sites (tertiary alicyclic amines) is 1. The molecule has 1 amide bonds. The molecular formula is C12H17N3O3. The largest absolute Gasteiger partial charge is 0.343 e. The molecule has 0 radical (unpaired) electrons. The normalized spacial score (nSPS) is 15.1. The highest BCUT2D eigenvalue weighted by Gasteiger charge is 2.18. The fourth-order valence-corrected chi connectivity index (χ4v) is 2.28. The number of amides is 1. The lowest BCUT2D eigenvalue weighted by Crippen LogP contribution is -2.30. The molecule has 1 aliphatic heterocycles. The summed E-state index contributed by atoms with van der Waals surface area (Å²) in [6.45, 7) is 3.31. The van der Waals surface area contributed by atoms with E-state index in [-0.39, 0.29) is 5.91 Å². The number of nitrogens with zero attached hydrogens (tertiary/aromatic N) is 1. The van der Waals surface area contributed by atoms with Gasteiger partial charge in [-0.15, -0.1) is 0 Å². The molecule has 1 aromatic heterocycles. The minimum atomic E-state index is -0.507. The lowest BCUT2D eigenvalue weighted by Gasteiger charge is -2.14. The first-order valence-electron chi connectivity index (χ1n) is 6.18. The molecule has 0 aromatic carbocycles. The fourth-order valence-electron chi connectivity index (χ4n) is 2.28. The molecular weight excluding hydrogens is 234 g/mol. The van der Waals surface area contributed by atoms with E-state index in [1.165, 1.54) is 0 Å². The number of aryl methyl sites for hydroxylation is 1. The summed E-state index contributed by atoms with van der Waals surface area (Å²) in [7, 11) is 0. The van der Waals surface area contributed by atoms with E-state index in [2.05, 4.69) is 9.97 Å². The summed E-state index contributed by atoms with van der Waals surface area (Å²) >= 11 is 0. The number of aromatic nitrogens is 2. The van der Waals surface area contributed by atoms with E-state index in [0.29, 0.717) is 24.1 Å². The molecule has 2 N–H and O–H groups in total. The molecule has 0 atom stereocenters. The van der Waals surface area contributed by atoms with Crippen molar-refractivity contribution >= 4 is 5.91 Å². The van der Waals surface area contributed by atoms with Crippen LogP contribution in [0.15, 0.2) is 9.59 Å². The van der Waals surface area contributed by atoms with Gasteiger partial charge in [0.2, 0.25) is 5.91 Å². The Morgan fingerprint density at radius 3 is 2.50 bits per heavy atom. The van der Waals surface area contributed by atoms with Crippen LogP contribution in [0.4, 0.5) is 0 Å². The molecule has 0 bridgehead atoms. The van der Waals surface area contributed by atoms with Crippen LogP contribution in [0.1, 0.15) is 30.5 Å². The number of carbonyl (C=O) groups excluding carboxylic acids is 1. The van der Waals surface area contributed by atoms with Gasteiger partial charge in [0.25, 0.3) is 5.56 Å². The Labute approximate surface area is 104 Å². The first-order valence-corrected chi connectivity index (χ1v) is 6.18. The number of aromatic amines is 2. The van der Waals surface area contributed by atoms with Gasteiger partial charge in [0, 0.05) is 30.8 Å². The summed E-state index contributed by atoms with van der Waals surface area (Å²) in [4.78, 5) is 41.0. The Kier molecular flexibility index (Phi) is 3.64. The van der Waals surface area contributed by atoms with Crippen LogP contribution in [0, 0.1) is 6.92 Å². The molecule has 0 spiro atoms. The van der Waals surface area contributed by atoms with E-state index in [1.807, 2.05) is 4.90 Å². The van der Waals surface area contributed by atoms with E-state index in [9.17, 15) is 14.4 Å². The zero-order chi connectivity index (χ0) is 13.1.